The second kappa shape index (κ2) is 8.81. The van der Waals surface area contributed by atoms with Gasteiger partial charge in [0.2, 0.25) is 0 Å². The summed E-state index contributed by atoms with van der Waals surface area (Å²) in [6, 6.07) is 5.85. The highest BCUT2D eigenvalue weighted by molar-refractivity contribution is 6.42. The average Bonchev–Trinajstić information content (AvgIpc) is 2.57. The Morgan fingerprint density at radius 2 is 1.88 bits per heavy atom. The van der Waals surface area contributed by atoms with E-state index in [4.69, 9.17) is 32.7 Å². The molecule has 1 heterocycles. The fraction of sp³-hybridized carbons (Fsp3) is 0.650. The van der Waals surface area contributed by atoms with Crippen molar-refractivity contribution in [3.8, 4) is 0 Å². The lowest BCUT2D eigenvalue weighted by atomic mass is 9.71. The number of carbonyl (C=O) groups is 1. The van der Waals surface area contributed by atoms with Crippen LogP contribution in [-0.2, 0) is 14.9 Å². The van der Waals surface area contributed by atoms with E-state index in [1.54, 1.807) is 4.90 Å². The van der Waals surface area contributed by atoms with Crippen LogP contribution in [0.5, 0.6) is 0 Å². The third-order valence-electron chi connectivity index (χ3n) is 4.88. The number of ether oxygens (including phenoxy) is 2. The summed E-state index contributed by atoms with van der Waals surface area (Å²) in [6.07, 6.45) is 2.37. The lowest BCUT2D eigenvalue weighted by Gasteiger charge is -2.39. The van der Waals surface area contributed by atoms with Crippen LogP contribution in [-0.4, -0.2) is 42.9 Å². The maximum Gasteiger partial charge on any atom is 0.410 e. The van der Waals surface area contributed by atoms with Crippen LogP contribution in [0.25, 0.3) is 0 Å². The first-order chi connectivity index (χ1) is 12.2. The maximum atomic E-state index is 12.4. The summed E-state index contributed by atoms with van der Waals surface area (Å²) in [5.74, 6) is 0. The van der Waals surface area contributed by atoms with Crippen molar-refractivity contribution in [3.63, 3.8) is 0 Å². The van der Waals surface area contributed by atoms with Crippen LogP contribution in [0.2, 0.25) is 10.0 Å². The first-order valence-corrected chi connectivity index (χ1v) is 9.94. The van der Waals surface area contributed by atoms with Crippen molar-refractivity contribution in [2.45, 2.75) is 58.0 Å². The Morgan fingerprint density at radius 1 is 1.23 bits per heavy atom. The molecule has 0 saturated carbocycles. The molecule has 1 aliphatic heterocycles. The summed E-state index contributed by atoms with van der Waals surface area (Å²) in [4.78, 5) is 14.2. The van der Waals surface area contributed by atoms with E-state index in [9.17, 15) is 4.79 Å². The second-order valence-electron chi connectivity index (χ2n) is 7.83. The molecule has 4 nitrogen and oxygen atoms in total. The Morgan fingerprint density at radius 3 is 2.42 bits per heavy atom. The van der Waals surface area contributed by atoms with Gasteiger partial charge in [0, 0.05) is 31.7 Å². The lowest BCUT2D eigenvalue weighted by Crippen LogP contribution is -2.41. The number of halogens is 2. The van der Waals surface area contributed by atoms with Crippen LogP contribution >= 0.6 is 23.2 Å². The van der Waals surface area contributed by atoms with E-state index in [2.05, 4.69) is 0 Å². The fourth-order valence-corrected chi connectivity index (χ4v) is 3.62. The molecular weight excluding hydrogens is 373 g/mol. The van der Waals surface area contributed by atoms with Gasteiger partial charge in [0.15, 0.2) is 0 Å². The molecule has 146 valence electrons. The molecule has 0 aliphatic carbocycles. The van der Waals surface area contributed by atoms with Gasteiger partial charge in [-0.25, -0.2) is 4.79 Å². The van der Waals surface area contributed by atoms with Crippen molar-refractivity contribution >= 4 is 29.3 Å². The fourth-order valence-electron chi connectivity index (χ4n) is 3.33. The molecule has 6 heteroatoms. The molecule has 1 amide bonds. The van der Waals surface area contributed by atoms with E-state index >= 15 is 0 Å². The van der Waals surface area contributed by atoms with Crippen LogP contribution in [0.1, 0.15) is 52.5 Å². The predicted octanol–water partition coefficient (Wildman–Crippen LogP) is 5.69. The molecule has 0 spiro atoms. The summed E-state index contributed by atoms with van der Waals surface area (Å²) in [7, 11) is 0. The van der Waals surface area contributed by atoms with Crippen molar-refractivity contribution in [1.29, 1.82) is 0 Å². The third-order valence-corrected chi connectivity index (χ3v) is 5.61. The van der Waals surface area contributed by atoms with Crippen molar-refractivity contribution in [3.05, 3.63) is 33.8 Å². The van der Waals surface area contributed by atoms with Gasteiger partial charge in [-0.05, 0) is 64.7 Å². The summed E-state index contributed by atoms with van der Waals surface area (Å²) < 4.78 is 11.1. The monoisotopic (exact) mass is 401 g/mol. The lowest BCUT2D eigenvalue weighted by molar-refractivity contribution is 0.0187. The average molecular weight is 402 g/mol. The summed E-state index contributed by atoms with van der Waals surface area (Å²) in [5.41, 5.74) is 0.599. The molecule has 0 radical (unpaired) electrons. The first-order valence-electron chi connectivity index (χ1n) is 9.18. The van der Waals surface area contributed by atoms with Gasteiger partial charge < -0.3 is 14.4 Å². The molecule has 1 aromatic carbocycles. The Labute approximate surface area is 166 Å². The Kier molecular flexibility index (Phi) is 7.23. The van der Waals surface area contributed by atoms with Gasteiger partial charge in [-0.15, -0.1) is 0 Å². The zero-order valence-electron chi connectivity index (χ0n) is 16.1. The number of carbonyl (C=O) groups excluding carboxylic acids is 1. The van der Waals surface area contributed by atoms with Gasteiger partial charge in [-0.3, -0.25) is 0 Å². The topological polar surface area (TPSA) is 38.8 Å². The highest BCUT2D eigenvalue weighted by Gasteiger charge is 2.35. The molecule has 1 aromatic rings. The second-order valence-corrected chi connectivity index (χ2v) is 8.65. The minimum atomic E-state index is -0.495. The minimum Gasteiger partial charge on any atom is -0.444 e. The number of amides is 1. The van der Waals surface area contributed by atoms with E-state index < -0.39 is 5.60 Å². The standard InChI is InChI=1S/C20H29Cl2NO3/c1-5-23(18(24)26-19(2,3)4)11-8-20(9-12-25-13-10-20)15-6-7-16(21)17(22)14-15/h6-7,14H,5,8-13H2,1-4H3. The smallest absolute Gasteiger partial charge is 0.410 e. The molecule has 1 aliphatic rings. The van der Waals surface area contributed by atoms with E-state index in [1.807, 2.05) is 45.9 Å². The molecule has 26 heavy (non-hydrogen) atoms. The van der Waals surface area contributed by atoms with E-state index in [1.165, 1.54) is 0 Å². The molecular formula is C20H29Cl2NO3. The number of benzene rings is 1. The maximum absolute atomic E-state index is 12.4. The van der Waals surface area contributed by atoms with E-state index in [0.29, 0.717) is 36.3 Å². The van der Waals surface area contributed by atoms with Crippen molar-refractivity contribution in [1.82, 2.24) is 4.90 Å². The van der Waals surface area contributed by atoms with Gasteiger partial charge in [0.25, 0.3) is 0 Å². The normalized spacial score (nSPS) is 17.0. The number of hydrogen-bond acceptors (Lipinski definition) is 3. The van der Waals surface area contributed by atoms with Crippen LogP contribution in [0.15, 0.2) is 18.2 Å². The number of hydrogen-bond donors (Lipinski definition) is 0. The molecule has 0 N–H and O–H groups in total. The minimum absolute atomic E-state index is 0.0675. The van der Waals surface area contributed by atoms with E-state index in [-0.39, 0.29) is 11.5 Å². The third kappa shape index (κ3) is 5.51. The van der Waals surface area contributed by atoms with Crippen molar-refractivity contribution in [2.75, 3.05) is 26.3 Å². The first kappa shape index (κ1) is 21.3. The van der Waals surface area contributed by atoms with Gasteiger partial charge in [0.05, 0.1) is 10.0 Å². The molecule has 1 fully saturated rings. The molecule has 0 aromatic heterocycles. The quantitative estimate of drug-likeness (QED) is 0.635. The Bertz CT molecular complexity index is 622. The molecule has 2 rings (SSSR count). The van der Waals surface area contributed by atoms with Gasteiger partial charge >= 0.3 is 6.09 Å². The van der Waals surface area contributed by atoms with Gasteiger partial charge in [-0.2, -0.15) is 0 Å². The number of rotatable bonds is 5. The van der Waals surface area contributed by atoms with Crippen molar-refractivity contribution in [2.24, 2.45) is 0 Å². The van der Waals surface area contributed by atoms with Gasteiger partial charge in [0.1, 0.15) is 5.60 Å². The van der Waals surface area contributed by atoms with E-state index in [0.717, 1.165) is 24.8 Å². The summed E-state index contributed by atoms with van der Waals surface area (Å²) in [6.45, 7) is 10.3. The predicted molar refractivity (Wildman–Crippen MR) is 106 cm³/mol. The van der Waals surface area contributed by atoms with Crippen LogP contribution < -0.4 is 0 Å². The SMILES string of the molecule is CCN(CCC1(c2ccc(Cl)c(Cl)c2)CCOCC1)C(=O)OC(C)(C)C. The highest BCUT2D eigenvalue weighted by Crippen LogP contribution is 2.40. The van der Waals surface area contributed by atoms with Crippen molar-refractivity contribution < 1.29 is 14.3 Å². The summed E-state index contributed by atoms with van der Waals surface area (Å²) >= 11 is 12.4. The largest absolute Gasteiger partial charge is 0.444 e. The number of nitrogens with zero attached hydrogens (tertiary/aromatic N) is 1. The molecule has 0 bridgehead atoms. The highest BCUT2D eigenvalue weighted by atomic mass is 35.5. The van der Waals surface area contributed by atoms with Crippen LogP contribution in [0, 0.1) is 0 Å². The van der Waals surface area contributed by atoms with Gasteiger partial charge in [-0.1, -0.05) is 29.3 Å². The zero-order valence-corrected chi connectivity index (χ0v) is 17.6. The summed E-state index contributed by atoms with van der Waals surface area (Å²) in [5, 5.41) is 1.12. The molecule has 1 saturated heterocycles. The van der Waals surface area contributed by atoms with Crippen LogP contribution in [0.4, 0.5) is 4.79 Å². The zero-order chi connectivity index (χ0) is 19.4. The molecule has 0 unspecified atom stereocenters. The molecule has 0 atom stereocenters. The Balaban J connectivity index is 2.17. The Hall–Kier alpha value is -0.970. The van der Waals surface area contributed by atoms with Crippen LogP contribution in [0.3, 0.4) is 0 Å².